The van der Waals surface area contributed by atoms with Crippen LogP contribution < -0.4 is 10.1 Å². The third-order valence-corrected chi connectivity index (χ3v) is 7.66. The standard InChI is InChI=1S/C26H29N3O4.C2HF3O2/c1-3-29-23(30)20-21(24(29)31)26(27-22(20)18-10-12-19(33-2)13-11-18)14-7-15-28(25(26)32)16-17-8-5-4-6-9-17;3-2(4,5)1(6)7/h4-6,8-13,20-22,27H,3,7,14-16H2,1-2H3;(H,6,7)/t20-,21-,22-,26-;/m1./s1. The molecule has 0 radical (unpaired) electrons. The number of ether oxygens (including phenoxy) is 1. The van der Waals surface area contributed by atoms with Gasteiger partial charge in [0.2, 0.25) is 17.7 Å². The summed E-state index contributed by atoms with van der Waals surface area (Å²) >= 11 is 0. The summed E-state index contributed by atoms with van der Waals surface area (Å²) in [6.07, 6.45) is -3.76. The van der Waals surface area contributed by atoms with Crippen molar-refractivity contribution in [2.24, 2.45) is 11.8 Å². The summed E-state index contributed by atoms with van der Waals surface area (Å²) in [6.45, 7) is 3.26. The number of rotatable bonds is 5. The lowest BCUT2D eigenvalue weighted by Crippen LogP contribution is -2.63. The number of hydrogen-bond donors (Lipinski definition) is 2. The summed E-state index contributed by atoms with van der Waals surface area (Å²) in [7, 11) is 1.61. The highest BCUT2D eigenvalue weighted by atomic mass is 19.4. The molecule has 0 bridgehead atoms. The summed E-state index contributed by atoms with van der Waals surface area (Å²) < 4.78 is 37.0. The molecular formula is C28H30F3N3O6. The predicted molar refractivity (Wildman–Crippen MR) is 136 cm³/mol. The molecule has 2 aromatic rings. The fraction of sp³-hybridized carbons (Fsp3) is 0.429. The molecule has 2 N–H and O–H groups in total. The number of carboxylic acid groups (broad SMARTS) is 1. The van der Waals surface area contributed by atoms with Gasteiger partial charge in [-0.2, -0.15) is 13.2 Å². The fourth-order valence-corrected chi connectivity index (χ4v) is 5.89. The first kappa shape index (κ1) is 29.1. The molecule has 5 rings (SSSR count). The second-order valence-electron chi connectivity index (χ2n) is 9.91. The van der Waals surface area contributed by atoms with E-state index in [9.17, 15) is 27.6 Å². The zero-order valence-electron chi connectivity index (χ0n) is 22.0. The number of nitrogens with one attached hydrogen (secondary N) is 1. The Morgan fingerprint density at radius 2 is 1.70 bits per heavy atom. The minimum Gasteiger partial charge on any atom is -0.497 e. The Labute approximate surface area is 228 Å². The minimum absolute atomic E-state index is 0.0808. The van der Waals surface area contributed by atoms with Crippen LogP contribution in [0.25, 0.3) is 0 Å². The molecule has 2 aromatic carbocycles. The second-order valence-corrected chi connectivity index (χ2v) is 9.91. The summed E-state index contributed by atoms with van der Waals surface area (Å²) in [5.41, 5.74) is 0.863. The van der Waals surface area contributed by atoms with E-state index in [4.69, 9.17) is 14.6 Å². The molecule has 3 amide bonds. The first-order valence-electron chi connectivity index (χ1n) is 12.8. The van der Waals surface area contributed by atoms with Crippen molar-refractivity contribution in [3.05, 3.63) is 65.7 Å². The number of hydrogen-bond acceptors (Lipinski definition) is 6. The van der Waals surface area contributed by atoms with E-state index in [1.54, 1.807) is 7.11 Å². The summed E-state index contributed by atoms with van der Waals surface area (Å²) in [5, 5.41) is 10.7. The first-order valence-corrected chi connectivity index (χ1v) is 12.8. The summed E-state index contributed by atoms with van der Waals surface area (Å²) in [4.78, 5) is 52.9. The van der Waals surface area contributed by atoms with Crippen molar-refractivity contribution < 1.29 is 42.2 Å². The molecule has 1 spiro atoms. The van der Waals surface area contributed by atoms with Gasteiger partial charge >= 0.3 is 12.1 Å². The maximum absolute atomic E-state index is 14.0. The number of carbonyl (C=O) groups excluding carboxylic acids is 3. The predicted octanol–water partition coefficient (Wildman–Crippen LogP) is 3.16. The summed E-state index contributed by atoms with van der Waals surface area (Å²) in [6, 6.07) is 17.0. The lowest BCUT2D eigenvalue weighted by atomic mass is 9.74. The highest BCUT2D eigenvalue weighted by Crippen LogP contribution is 2.52. The maximum Gasteiger partial charge on any atom is 0.490 e. The van der Waals surface area contributed by atoms with Gasteiger partial charge in [-0.05, 0) is 43.0 Å². The van der Waals surface area contributed by atoms with Crippen molar-refractivity contribution in [1.82, 2.24) is 15.1 Å². The number of amides is 3. The summed E-state index contributed by atoms with van der Waals surface area (Å²) in [5.74, 6) is -3.82. The van der Waals surface area contributed by atoms with Crippen LogP contribution in [0.3, 0.4) is 0 Å². The van der Waals surface area contributed by atoms with Crippen LogP contribution in [0.15, 0.2) is 54.6 Å². The van der Waals surface area contributed by atoms with Crippen molar-refractivity contribution in [2.45, 2.75) is 44.1 Å². The number of halogens is 3. The molecule has 9 nitrogen and oxygen atoms in total. The van der Waals surface area contributed by atoms with Gasteiger partial charge in [-0.1, -0.05) is 42.5 Å². The number of piperidine rings is 1. The lowest BCUT2D eigenvalue weighted by Gasteiger charge is -2.42. The van der Waals surface area contributed by atoms with E-state index in [0.717, 1.165) is 23.3 Å². The normalized spacial score (nSPS) is 26.0. The number of aliphatic carboxylic acids is 1. The fourth-order valence-electron chi connectivity index (χ4n) is 5.89. The molecule has 0 unspecified atom stereocenters. The molecule has 3 heterocycles. The maximum atomic E-state index is 14.0. The number of carbonyl (C=O) groups is 4. The molecule has 0 aromatic heterocycles. The third kappa shape index (κ3) is 5.27. The Kier molecular flexibility index (Phi) is 8.20. The van der Waals surface area contributed by atoms with Crippen molar-refractivity contribution in [3.8, 4) is 5.75 Å². The number of fused-ring (bicyclic) bond motifs is 2. The molecular weight excluding hydrogens is 531 g/mol. The Morgan fingerprint density at radius 1 is 1.07 bits per heavy atom. The zero-order valence-corrected chi connectivity index (χ0v) is 22.0. The monoisotopic (exact) mass is 561 g/mol. The second kappa shape index (κ2) is 11.3. The molecule has 0 aliphatic carbocycles. The topological polar surface area (TPSA) is 116 Å². The highest BCUT2D eigenvalue weighted by Gasteiger charge is 2.68. The van der Waals surface area contributed by atoms with Crippen LogP contribution in [-0.2, 0) is 25.7 Å². The van der Waals surface area contributed by atoms with Crippen LogP contribution >= 0.6 is 0 Å². The number of likely N-dealkylation sites (tertiary alicyclic amines) is 2. The quantitative estimate of drug-likeness (QED) is 0.539. The molecule has 3 saturated heterocycles. The number of imide groups is 1. The van der Waals surface area contributed by atoms with Crippen molar-refractivity contribution >= 4 is 23.7 Å². The first-order chi connectivity index (χ1) is 18.9. The van der Waals surface area contributed by atoms with E-state index in [2.05, 4.69) is 5.32 Å². The molecule has 0 saturated carbocycles. The molecule has 3 fully saturated rings. The number of nitrogens with zero attached hydrogens (tertiary/aromatic N) is 2. The smallest absolute Gasteiger partial charge is 0.490 e. The van der Waals surface area contributed by atoms with Gasteiger partial charge in [0.1, 0.15) is 11.3 Å². The number of benzene rings is 2. The van der Waals surface area contributed by atoms with Crippen LogP contribution in [0, 0.1) is 11.8 Å². The van der Waals surface area contributed by atoms with Crippen LogP contribution in [0.2, 0.25) is 0 Å². The number of methoxy groups -OCH3 is 1. The van der Waals surface area contributed by atoms with E-state index in [-0.39, 0.29) is 17.7 Å². The molecule has 3 aliphatic heterocycles. The van der Waals surface area contributed by atoms with Crippen molar-refractivity contribution in [3.63, 3.8) is 0 Å². The van der Waals surface area contributed by atoms with Gasteiger partial charge in [-0.3, -0.25) is 24.6 Å². The van der Waals surface area contributed by atoms with Crippen LogP contribution in [0.1, 0.15) is 36.9 Å². The molecule has 4 atom stereocenters. The minimum atomic E-state index is -5.08. The third-order valence-electron chi connectivity index (χ3n) is 7.66. The Morgan fingerprint density at radius 3 is 2.25 bits per heavy atom. The van der Waals surface area contributed by atoms with Crippen LogP contribution in [-0.4, -0.2) is 70.5 Å². The van der Waals surface area contributed by atoms with Crippen molar-refractivity contribution in [2.75, 3.05) is 20.2 Å². The Balaban J connectivity index is 0.000000470. The SMILES string of the molecule is CCN1C(=O)[C@H]2[C@@H](c3ccc(OC)cc3)N[C@]3(CCCN(Cc4ccccc4)C3=O)[C@H]2C1=O.O=C(O)C(F)(F)F. The number of carboxylic acids is 1. The van der Waals surface area contributed by atoms with Gasteiger partial charge in [0.25, 0.3) is 0 Å². The van der Waals surface area contributed by atoms with E-state index in [0.29, 0.717) is 26.1 Å². The van der Waals surface area contributed by atoms with E-state index in [1.807, 2.05) is 66.4 Å². The largest absolute Gasteiger partial charge is 0.497 e. The number of alkyl halides is 3. The highest BCUT2D eigenvalue weighted by molar-refractivity contribution is 6.10. The van der Waals surface area contributed by atoms with Gasteiger partial charge in [-0.15, -0.1) is 0 Å². The van der Waals surface area contributed by atoms with E-state index in [1.165, 1.54) is 4.90 Å². The van der Waals surface area contributed by atoms with E-state index >= 15 is 0 Å². The molecule has 12 heteroatoms. The average Bonchev–Trinajstić information content (AvgIpc) is 3.40. The zero-order chi connectivity index (χ0) is 29.2. The molecule has 40 heavy (non-hydrogen) atoms. The molecule has 3 aliphatic rings. The average molecular weight is 562 g/mol. The van der Waals surface area contributed by atoms with Gasteiger partial charge in [0, 0.05) is 25.7 Å². The van der Waals surface area contributed by atoms with Crippen LogP contribution in [0.4, 0.5) is 13.2 Å². The van der Waals surface area contributed by atoms with Gasteiger partial charge in [0.15, 0.2) is 0 Å². The van der Waals surface area contributed by atoms with Gasteiger partial charge < -0.3 is 14.7 Å². The van der Waals surface area contributed by atoms with E-state index < -0.39 is 35.6 Å². The Bertz CT molecular complexity index is 1270. The Hall–Kier alpha value is -3.93. The van der Waals surface area contributed by atoms with Crippen LogP contribution in [0.5, 0.6) is 5.75 Å². The van der Waals surface area contributed by atoms with Crippen molar-refractivity contribution in [1.29, 1.82) is 0 Å². The lowest BCUT2D eigenvalue weighted by molar-refractivity contribution is -0.192. The van der Waals surface area contributed by atoms with Gasteiger partial charge in [-0.25, -0.2) is 4.79 Å². The molecule has 214 valence electrons. The van der Waals surface area contributed by atoms with Gasteiger partial charge in [0.05, 0.1) is 18.9 Å².